The lowest BCUT2D eigenvalue weighted by atomic mass is 9.81. The Morgan fingerprint density at radius 3 is 1.74 bits per heavy atom. The maximum Gasteiger partial charge on any atom is 0.335 e. The van der Waals surface area contributed by atoms with Crippen LogP contribution in [-0.4, -0.2) is 24.9 Å². The first-order valence-electron chi connectivity index (χ1n) is 19.4. The monoisotopic (exact) mass is 802 g/mol. The quantitative estimate of drug-likeness (QED) is 0.148. The SMILES string of the molecule is CC1(C)C(C=Cc2cc3c(s2)-c2sc(-c4ccc(N(c5ccccc5)c5ccccc5)cc4)cc2[Si]3(c2ccccc2)c2ccccc2)=Nc2ccc(C(=O)O)cc21. The van der Waals surface area contributed by atoms with Gasteiger partial charge in [-0.3, -0.25) is 4.99 Å². The van der Waals surface area contributed by atoms with Gasteiger partial charge >= 0.3 is 5.97 Å². The fourth-order valence-electron chi connectivity index (χ4n) is 8.69. The second-order valence-corrected chi connectivity index (χ2v) is 21.1. The molecule has 58 heavy (non-hydrogen) atoms. The summed E-state index contributed by atoms with van der Waals surface area (Å²) in [5, 5.41) is 15.3. The Morgan fingerprint density at radius 2 is 1.16 bits per heavy atom. The van der Waals surface area contributed by atoms with Gasteiger partial charge in [0.05, 0.1) is 17.0 Å². The van der Waals surface area contributed by atoms with Crippen molar-refractivity contribution in [2.24, 2.45) is 4.99 Å². The third kappa shape index (κ3) is 5.85. The first kappa shape index (κ1) is 36.0. The number of anilines is 3. The lowest BCUT2D eigenvalue weighted by Crippen LogP contribution is -2.72. The van der Waals surface area contributed by atoms with Crippen LogP contribution >= 0.6 is 22.7 Å². The molecule has 0 spiro atoms. The van der Waals surface area contributed by atoms with Crippen LogP contribution in [-0.2, 0) is 5.41 Å². The molecule has 6 aromatic carbocycles. The standard InChI is InChI=1S/C51H38N2O2S2Si/c1-51(2)42-31-35(50(54)55)25-29-43(42)52-47(51)30-28-39-32-45-48(56-39)49-46(58(45,40-19-11-5-12-20-40)41-21-13-6-14-22-41)33-44(57-49)34-23-26-38(27-24-34)53(36-15-7-3-8-16-36)37-17-9-4-10-18-37/h3-33H,1-2H3,(H,54,55). The number of thiophene rings is 2. The molecule has 0 radical (unpaired) electrons. The predicted octanol–water partition coefficient (Wildman–Crippen LogP) is 11.1. The van der Waals surface area contributed by atoms with Crippen LogP contribution in [0.3, 0.4) is 0 Å². The zero-order chi connectivity index (χ0) is 39.4. The summed E-state index contributed by atoms with van der Waals surface area (Å²) in [7, 11) is -2.70. The molecule has 0 saturated carbocycles. The Morgan fingerprint density at radius 1 is 0.621 bits per heavy atom. The fourth-order valence-corrected chi connectivity index (χ4v) is 17.4. The molecule has 4 nitrogen and oxygen atoms in total. The number of carbonyl (C=O) groups is 1. The maximum atomic E-state index is 11.8. The van der Waals surface area contributed by atoms with E-state index in [2.05, 4.69) is 189 Å². The molecule has 0 bridgehead atoms. The molecule has 0 unspecified atom stereocenters. The van der Waals surface area contributed by atoms with Crippen molar-refractivity contribution in [1.82, 2.24) is 0 Å². The van der Waals surface area contributed by atoms with E-state index in [1.54, 1.807) is 12.1 Å². The van der Waals surface area contributed by atoms with Crippen molar-refractivity contribution < 1.29 is 9.90 Å². The Balaban J connectivity index is 1.08. The third-order valence-corrected chi connectivity index (χ3v) is 19.2. The van der Waals surface area contributed by atoms with Crippen LogP contribution in [0.2, 0.25) is 0 Å². The van der Waals surface area contributed by atoms with Crippen molar-refractivity contribution in [2.45, 2.75) is 19.3 Å². The zero-order valence-corrected chi connectivity index (χ0v) is 34.6. The summed E-state index contributed by atoms with van der Waals surface area (Å²) in [6.07, 6.45) is 4.34. The van der Waals surface area contributed by atoms with Crippen LogP contribution in [0.5, 0.6) is 0 Å². The molecule has 280 valence electrons. The molecule has 10 rings (SSSR count). The molecule has 0 fully saturated rings. The number of hydrogen-bond acceptors (Lipinski definition) is 5. The number of aromatic carboxylic acids is 1. The summed E-state index contributed by atoms with van der Waals surface area (Å²) >= 11 is 3.76. The number of para-hydroxylation sites is 2. The molecule has 2 aliphatic heterocycles. The molecule has 4 heterocycles. The summed E-state index contributed by atoms with van der Waals surface area (Å²) < 4.78 is 0. The number of carboxylic acid groups (broad SMARTS) is 1. The minimum absolute atomic E-state index is 0.286. The average molecular weight is 803 g/mol. The Hall–Kier alpha value is -6.38. The molecule has 2 aromatic heterocycles. The topological polar surface area (TPSA) is 52.9 Å². The van der Waals surface area contributed by atoms with E-state index in [1.807, 2.05) is 28.7 Å². The van der Waals surface area contributed by atoms with Crippen LogP contribution in [0.1, 0.15) is 34.6 Å². The van der Waals surface area contributed by atoms with E-state index in [0.29, 0.717) is 0 Å². The zero-order valence-electron chi connectivity index (χ0n) is 32.0. The highest BCUT2D eigenvalue weighted by molar-refractivity contribution is 7.35. The van der Waals surface area contributed by atoms with Gasteiger partial charge in [-0.25, -0.2) is 4.79 Å². The molecule has 2 aliphatic rings. The molecule has 0 amide bonds. The molecule has 7 heteroatoms. The van der Waals surface area contributed by atoms with Gasteiger partial charge in [-0.05, 0) is 111 Å². The Kier molecular flexibility index (Phi) is 8.82. The summed E-state index contributed by atoms with van der Waals surface area (Å²) in [6, 6.07) is 62.6. The highest BCUT2D eigenvalue weighted by atomic mass is 32.1. The first-order chi connectivity index (χ1) is 28.3. The Labute approximate surface area is 347 Å². The first-order valence-corrected chi connectivity index (χ1v) is 23.0. The average Bonchev–Trinajstić information content (AvgIpc) is 4.00. The number of benzene rings is 6. The molecule has 1 N–H and O–H groups in total. The minimum atomic E-state index is -2.70. The summed E-state index contributed by atoms with van der Waals surface area (Å²) in [5.74, 6) is -0.925. The van der Waals surface area contributed by atoms with Gasteiger partial charge in [-0.2, -0.15) is 0 Å². The van der Waals surface area contributed by atoms with Gasteiger partial charge in [-0.15, -0.1) is 22.7 Å². The second kappa shape index (κ2) is 14.2. The summed E-state index contributed by atoms with van der Waals surface area (Å²) in [6.45, 7) is 4.25. The fraction of sp³-hybridized carbons (Fsp3) is 0.0588. The van der Waals surface area contributed by atoms with Gasteiger partial charge in [0.1, 0.15) is 0 Å². The van der Waals surface area contributed by atoms with E-state index in [-0.39, 0.29) is 5.56 Å². The van der Waals surface area contributed by atoms with E-state index in [4.69, 9.17) is 4.99 Å². The van der Waals surface area contributed by atoms with Crippen LogP contribution in [0.25, 0.3) is 26.3 Å². The van der Waals surface area contributed by atoms with Gasteiger partial charge in [-0.1, -0.05) is 123 Å². The normalized spacial score (nSPS) is 14.5. The molecular weight excluding hydrogens is 765 g/mol. The summed E-state index contributed by atoms with van der Waals surface area (Å²) in [5.41, 5.74) is 7.12. The Bertz CT molecular complexity index is 2800. The number of fused-ring (bicyclic) bond motifs is 4. The maximum absolute atomic E-state index is 11.8. The van der Waals surface area contributed by atoms with Crippen LogP contribution in [0, 0.1) is 0 Å². The van der Waals surface area contributed by atoms with Crippen molar-refractivity contribution in [1.29, 1.82) is 0 Å². The number of hydrogen-bond donors (Lipinski definition) is 1. The lowest BCUT2D eigenvalue weighted by Gasteiger charge is -2.30. The van der Waals surface area contributed by atoms with E-state index < -0.39 is 19.5 Å². The number of allylic oxidation sites excluding steroid dienone is 1. The smallest absolute Gasteiger partial charge is 0.335 e. The minimum Gasteiger partial charge on any atom is -0.478 e. The second-order valence-electron chi connectivity index (χ2n) is 15.3. The van der Waals surface area contributed by atoms with Gasteiger partial charge in [0.2, 0.25) is 0 Å². The third-order valence-electron chi connectivity index (χ3n) is 11.6. The molecule has 8 aromatic rings. The van der Waals surface area contributed by atoms with Crippen LogP contribution < -0.4 is 25.6 Å². The number of carboxylic acids is 1. The van der Waals surface area contributed by atoms with Crippen molar-refractivity contribution in [2.75, 3.05) is 4.90 Å². The predicted molar refractivity (Wildman–Crippen MR) is 247 cm³/mol. The van der Waals surface area contributed by atoms with Gasteiger partial charge in [0, 0.05) is 42.0 Å². The van der Waals surface area contributed by atoms with Crippen molar-refractivity contribution in [3.05, 3.63) is 198 Å². The van der Waals surface area contributed by atoms with Gasteiger partial charge in [0.15, 0.2) is 8.07 Å². The van der Waals surface area contributed by atoms with Crippen LogP contribution in [0.15, 0.2) is 187 Å². The van der Waals surface area contributed by atoms with Crippen molar-refractivity contribution in [3.8, 4) is 20.2 Å². The van der Waals surface area contributed by atoms with E-state index in [9.17, 15) is 9.90 Å². The van der Waals surface area contributed by atoms with Crippen molar-refractivity contribution >= 4 is 92.0 Å². The number of nitrogens with zero attached hydrogens (tertiary/aromatic N) is 2. The number of rotatable bonds is 9. The van der Waals surface area contributed by atoms with E-state index in [1.165, 1.54) is 45.8 Å². The van der Waals surface area contributed by atoms with Crippen molar-refractivity contribution in [3.63, 3.8) is 0 Å². The molecule has 0 atom stereocenters. The molecular formula is C51H38N2O2S2Si. The number of aliphatic imine (C=N–C) groups is 1. The summed E-state index contributed by atoms with van der Waals surface area (Å²) in [4.78, 5) is 24.2. The van der Waals surface area contributed by atoms with E-state index in [0.717, 1.165) is 34.0 Å². The lowest BCUT2D eigenvalue weighted by molar-refractivity contribution is 0.0696. The van der Waals surface area contributed by atoms with E-state index >= 15 is 0 Å². The van der Waals surface area contributed by atoms with Crippen LogP contribution in [0.4, 0.5) is 22.7 Å². The largest absolute Gasteiger partial charge is 0.478 e. The highest BCUT2D eigenvalue weighted by Gasteiger charge is 2.51. The van der Waals surface area contributed by atoms with Gasteiger partial charge in [0.25, 0.3) is 0 Å². The molecule has 0 saturated heterocycles. The highest BCUT2D eigenvalue weighted by Crippen LogP contribution is 2.45. The van der Waals surface area contributed by atoms with Gasteiger partial charge < -0.3 is 10.0 Å². The molecule has 0 aliphatic carbocycles.